The second kappa shape index (κ2) is 12.1. The molecule has 124 valence electrons. The lowest BCUT2D eigenvalue weighted by Crippen LogP contribution is -2.21. The van der Waals surface area contributed by atoms with E-state index in [1.165, 1.54) is 51.4 Å². The van der Waals surface area contributed by atoms with Crippen LogP contribution in [0.15, 0.2) is 0 Å². The first kappa shape index (κ1) is 20.5. The van der Waals surface area contributed by atoms with Crippen molar-refractivity contribution in [1.29, 1.82) is 0 Å². The fourth-order valence-electron chi connectivity index (χ4n) is 2.85. The van der Waals surface area contributed by atoms with Crippen LogP contribution in [0.3, 0.4) is 0 Å². The zero-order valence-corrected chi connectivity index (χ0v) is 15.2. The van der Waals surface area contributed by atoms with Gasteiger partial charge in [-0.05, 0) is 38.5 Å². The molecule has 0 radical (unpaired) electrons. The van der Waals surface area contributed by atoms with Gasteiger partial charge in [-0.25, -0.2) is 0 Å². The van der Waals surface area contributed by atoms with Gasteiger partial charge in [0.2, 0.25) is 0 Å². The van der Waals surface area contributed by atoms with Crippen molar-refractivity contribution < 1.29 is 5.11 Å². The van der Waals surface area contributed by atoms with Crippen LogP contribution in [0.2, 0.25) is 0 Å². The quantitative estimate of drug-likeness (QED) is 0.348. The predicted octanol–water partition coefficient (Wildman–Crippen LogP) is 5.95. The van der Waals surface area contributed by atoms with E-state index in [4.69, 9.17) is 0 Å². The number of hydrogen-bond acceptors (Lipinski definition) is 1. The zero-order chi connectivity index (χ0) is 16.1. The Balaban J connectivity index is 3.46. The van der Waals surface area contributed by atoms with Crippen LogP contribution in [0.4, 0.5) is 0 Å². The molecule has 0 saturated heterocycles. The lowest BCUT2D eigenvalue weighted by atomic mass is 9.92. The Morgan fingerprint density at radius 1 is 0.857 bits per heavy atom. The topological polar surface area (TPSA) is 20.2 Å². The molecule has 0 aromatic carbocycles. The number of hydrogen-bond donors (Lipinski definition) is 1. The highest BCUT2D eigenvalue weighted by molar-refractivity contribution is 5.09. The molecular weight excluding hydrogens is 256 g/mol. The first-order valence-electron chi connectivity index (χ1n) is 9.03. The standard InChI is InChI=1S/C20H38O/c1-6-16-20(5,21)17-12-15-19(4)14-11-9-7-8-10-13-18(2)3/h18-19,21H,7-15,17H2,1-5H3/t19-,20?/m1/s1. The SMILES string of the molecule is CC#CC(C)(O)CCC[C@H](C)CCCCCCCC(C)C. The largest absolute Gasteiger partial charge is 0.378 e. The molecule has 0 bridgehead atoms. The van der Waals surface area contributed by atoms with Gasteiger partial charge in [0, 0.05) is 0 Å². The molecular formula is C20H38O. The zero-order valence-electron chi connectivity index (χ0n) is 15.2. The number of rotatable bonds is 12. The molecule has 1 heteroatoms. The van der Waals surface area contributed by atoms with Crippen molar-refractivity contribution in [2.75, 3.05) is 0 Å². The highest BCUT2D eigenvalue weighted by atomic mass is 16.3. The maximum absolute atomic E-state index is 9.99. The monoisotopic (exact) mass is 294 g/mol. The third-order valence-electron chi connectivity index (χ3n) is 4.23. The summed E-state index contributed by atoms with van der Waals surface area (Å²) in [6.07, 6.45) is 12.8. The molecule has 0 aliphatic heterocycles. The highest BCUT2D eigenvalue weighted by Crippen LogP contribution is 2.20. The Hall–Kier alpha value is -0.480. The first-order chi connectivity index (χ1) is 9.87. The van der Waals surface area contributed by atoms with Crippen molar-refractivity contribution in [1.82, 2.24) is 0 Å². The van der Waals surface area contributed by atoms with E-state index in [1.807, 2.05) is 6.92 Å². The van der Waals surface area contributed by atoms with E-state index in [2.05, 4.69) is 32.6 Å². The lowest BCUT2D eigenvalue weighted by Gasteiger charge is -2.18. The Labute approximate surface area is 133 Å². The Kier molecular flexibility index (Phi) is 11.8. The molecule has 1 unspecified atom stereocenters. The third-order valence-corrected chi connectivity index (χ3v) is 4.23. The number of aliphatic hydroxyl groups is 1. The molecule has 0 aromatic rings. The summed E-state index contributed by atoms with van der Waals surface area (Å²) in [4.78, 5) is 0. The average molecular weight is 295 g/mol. The Morgan fingerprint density at radius 3 is 1.95 bits per heavy atom. The Morgan fingerprint density at radius 2 is 1.38 bits per heavy atom. The van der Waals surface area contributed by atoms with Crippen molar-refractivity contribution in [3.63, 3.8) is 0 Å². The van der Waals surface area contributed by atoms with Crippen molar-refractivity contribution >= 4 is 0 Å². The summed E-state index contributed by atoms with van der Waals surface area (Å²) in [5.74, 6) is 7.34. The maximum Gasteiger partial charge on any atom is 0.122 e. The average Bonchev–Trinajstić information content (AvgIpc) is 2.36. The van der Waals surface area contributed by atoms with Crippen LogP contribution in [-0.2, 0) is 0 Å². The molecule has 1 N–H and O–H groups in total. The summed E-state index contributed by atoms with van der Waals surface area (Å²) in [5, 5.41) is 9.99. The summed E-state index contributed by atoms with van der Waals surface area (Å²) >= 11 is 0. The Bertz CT molecular complexity index is 293. The van der Waals surface area contributed by atoms with Gasteiger partial charge < -0.3 is 5.11 Å². The number of unbranched alkanes of at least 4 members (excludes halogenated alkanes) is 4. The molecule has 0 saturated carbocycles. The second-order valence-electron chi connectivity index (χ2n) is 7.39. The van der Waals surface area contributed by atoms with E-state index >= 15 is 0 Å². The lowest BCUT2D eigenvalue weighted by molar-refractivity contribution is 0.107. The molecule has 0 spiro atoms. The molecule has 0 amide bonds. The first-order valence-corrected chi connectivity index (χ1v) is 9.03. The van der Waals surface area contributed by atoms with E-state index in [0.29, 0.717) is 0 Å². The van der Waals surface area contributed by atoms with E-state index in [-0.39, 0.29) is 0 Å². The van der Waals surface area contributed by atoms with Crippen molar-refractivity contribution in [2.24, 2.45) is 11.8 Å². The molecule has 0 rings (SSSR count). The second-order valence-corrected chi connectivity index (χ2v) is 7.39. The van der Waals surface area contributed by atoms with Gasteiger partial charge in [-0.1, -0.05) is 78.1 Å². The van der Waals surface area contributed by atoms with Crippen LogP contribution < -0.4 is 0 Å². The smallest absolute Gasteiger partial charge is 0.122 e. The van der Waals surface area contributed by atoms with Crippen LogP contribution in [0.5, 0.6) is 0 Å². The van der Waals surface area contributed by atoms with Gasteiger partial charge in [0.1, 0.15) is 5.60 Å². The van der Waals surface area contributed by atoms with Gasteiger partial charge in [0.05, 0.1) is 0 Å². The predicted molar refractivity (Wildman–Crippen MR) is 94.2 cm³/mol. The van der Waals surface area contributed by atoms with Gasteiger partial charge in [-0.2, -0.15) is 0 Å². The van der Waals surface area contributed by atoms with Crippen molar-refractivity contribution in [3.8, 4) is 11.8 Å². The molecule has 0 fully saturated rings. The summed E-state index contributed by atoms with van der Waals surface area (Å²) in [7, 11) is 0. The molecule has 1 nitrogen and oxygen atoms in total. The van der Waals surface area contributed by atoms with Crippen LogP contribution in [0.1, 0.15) is 98.8 Å². The summed E-state index contributed by atoms with van der Waals surface area (Å²) in [6.45, 7) is 10.6. The van der Waals surface area contributed by atoms with Gasteiger partial charge in [-0.15, -0.1) is 5.92 Å². The summed E-state index contributed by atoms with van der Waals surface area (Å²) in [6, 6.07) is 0. The normalized spacial score (nSPS) is 15.4. The van der Waals surface area contributed by atoms with Gasteiger partial charge in [-0.3, -0.25) is 0 Å². The van der Waals surface area contributed by atoms with Crippen LogP contribution in [0.25, 0.3) is 0 Å². The summed E-state index contributed by atoms with van der Waals surface area (Å²) < 4.78 is 0. The van der Waals surface area contributed by atoms with E-state index in [0.717, 1.165) is 24.7 Å². The fraction of sp³-hybridized carbons (Fsp3) is 0.900. The molecule has 0 aliphatic rings. The molecule has 0 aromatic heterocycles. The van der Waals surface area contributed by atoms with E-state index < -0.39 is 5.60 Å². The van der Waals surface area contributed by atoms with Crippen molar-refractivity contribution in [3.05, 3.63) is 0 Å². The minimum Gasteiger partial charge on any atom is -0.378 e. The van der Waals surface area contributed by atoms with E-state index in [9.17, 15) is 5.11 Å². The van der Waals surface area contributed by atoms with Gasteiger partial charge >= 0.3 is 0 Å². The minimum absolute atomic E-state index is 0.783. The van der Waals surface area contributed by atoms with Crippen LogP contribution in [0, 0.1) is 23.7 Å². The summed E-state index contributed by atoms with van der Waals surface area (Å²) in [5.41, 5.74) is -0.787. The van der Waals surface area contributed by atoms with Gasteiger partial charge in [0.25, 0.3) is 0 Å². The maximum atomic E-state index is 9.99. The van der Waals surface area contributed by atoms with Gasteiger partial charge in [0.15, 0.2) is 0 Å². The highest BCUT2D eigenvalue weighted by Gasteiger charge is 2.16. The fourth-order valence-corrected chi connectivity index (χ4v) is 2.85. The minimum atomic E-state index is -0.787. The van der Waals surface area contributed by atoms with Crippen molar-refractivity contribution in [2.45, 2.75) is 104 Å². The molecule has 21 heavy (non-hydrogen) atoms. The van der Waals surface area contributed by atoms with Crippen LogP contribution in [-0.4, -0.2) is 10.7 Å². The van der Waals surface area contributed by atoms with Crippen LogP contribution >= 0.6 is 0 Å². The molecule has 0 heterocycles. The third kappa shape index (κ3) is 14.2. The van der Waals surface area contributed by atoms with E-state index in [1.54, 1.807) is 6.92 Å². The molecule has 2 atom stereocenters. The molecule has 0 aliphatic carbocycles.